The van der Waals surface area contributed by atoms with E-state index in [2.05, 4.69) is 4.98 Å². The Balaban J connectivity index is 1.35. The van der Waals surface area contributed by atoms with E-state index in [1.165, 1.54) is 18.2 Å². The Labute approximate surface area is 177 Å². The predicted molar refractivity (Wildman–Crippen MR) is 113 cm³/mol. The number of fused-ring (bicyclic) bond motifs is 1. The number of halogens is 2. The molecule has 3 aromatic rings. The first kappa shape index (κ1) is 20.5. The number of hydrogen-bond donors (Lipinski definition) is 1. The lowest BCUT2D eigenvalue weighted by Crippen LogP contribution is -2.49. The minimum Gasteiger partial charge on any atom is -0.366 e. The summed E-state index contributed by atoms with van der Waals surface area (Å²) in [5.41, 5.74) is 0.941. The number of benzene rings is 2. The van der Waals surface area contributed by atoms with Gasteiger partial charge in [0.1, 0.15) is 11.6 Å². The molecule has 8 heteroatoms. The number of nitrogens with one attached hydrogen (secondary N) is 1. The van der Waals surface area contributed by atoms with E-state index in [0.29, 0.717) is 49.4 Å². The Morgan fingerprint density at radius 3 is 2.55 bits per heavy atom. The van der Waals surface area contributed by atoms with Gasteiger partial charge < -0.3 is 14.8 Å². The van der Waals surface area contributed by atoms with Crippen molar-refractivity contribution in [2.24, 2.45) is 0 Å². The van der Waals surface area contributed by atoms with Gasteiger partial charge in [0, 0.05) is 43.7 Å². The number of anilines is 1. The molecule has 2 heterocycles. The lowest BCUT2D eigenvalue weighted by molar-refractivity contribution is -0.131. The smallest absolute Gasteiger partial charge is 0.256 e. The number of H-pyrrole nitrogens is 1. The second kappa shape index (κ2) is 8.56. The van der Waals surface area contributed by atoms with Gasteiger partial charge in [-0.3, -0.25) is 9.59 Å². The fourth-order valence-corrected chi connectivity index (χ4v) is 3.85. The Morgan fingerprint density at radius 1 is 1.06 bits per heavy atom. The van der Waals surface area contributed by atoms with E-state index in [-0.39, 0.29) is 28.8 Å². The van der Waals surface area contributed by atoms with Crippen LogP contribution in [0.1, 0.15) is 17.7 Å². The second-order valence-electron chi connectivity index (χ2n) is 7.50. The third-order valence-corrected chi connectivity index (χ3v) is 5.52. The largest absolute Gasteiger partial charge is 0.366 e. The summed E-state index contributed by atoms with van der Waals surface area (Å²) in [5, 5.41) is 9.77. The molecule has 0 spiro atoms. The molecule has 0 atom stereocenters. The highest BCUT2D eigenvalue weighted by molar-refractivity contribution is 5.82. The molecule has 1 saturated heterocycles. The Morgan fingerprint density at radius 2 is 1.84 bits per heavy atom. The first-order valence-corrected chi connectivity index (χ1v) is 9.98. The maximum absolute atomic E-state index is 14.2. The highest BCUT2D eigenvalue weighted by atomic mass is 19.1. The van der Waals surface area contributed by atoms with E-state index in [9.17, 15) is 18.4 Å². The zero-order chi connectivity index (χ0) is 22.0. The van der Waals surface area contributed by atoms with Crippen molar-refractivity contribution in [3.63, 3.8) is 0 Å². The van der Waals surface area contributed by atoms with Crippen LogP contribution in [0.15, 0.2) is 47.3 Å². The molecule has 0 unspecified atom stereocenters. The van der Waals surface area contributed by atoms with Crippen LogP contribution in [0.4, 0.5) is 14.5 Å². The first-order valence-electron chi connectivity index (χ1n) is 9.98. The number of carbonyl (C=O) groups excluding carboxylic acids is 1. The number of rotatable bonds is 4. The van der Waals surface area contributed by atoms with Crippen LogP contribution in [0.3, 0.4) is 0 Å². The Hall–Kier alpha value is -3.73. The molecule has 1 aromatic heterocycles. The molecule has 1 amide bonds. The summed E-state index contributed by atoms with van der Waals surface area (Å²) in [4.78, 5) is 31.1. The number of aromatic nitrogens is 1. The fourth-order valence-electron chi connectivity index (χ4n) is 3.85. The van der Waals surface area contributed by atoms with Gasteiger partial charge in [-0.2, -0.15) is 5.26 Å². The lowest BCUT2D eigenvalue weighted by atomic mass is 10.1. The van der Waals surface area contributed by atoms with Gasteiger partial charge >= 0.3 is 0 Å². The van der Waals surface area contributed by atoms with E-state index < -0.39 is 11.6 Å². The molecule has 1 aliphatic heterocycles. The van der Waals surface area contributed by atoms with Crippen molar-refractivity contribution in [2.75, 3.05) is 31.1 Å². The number of aromatic amines is 1. The third kappa shape index (κ3) is 4.40. The van der Waals surface area contributed by atoms with E-state index >= 15 is 0 Å². The molecule has 4 rings (SSSR count). The summed E-state index contributed by atoms with van der Waals surface area (Å²) < 4.78 is 27.6. The minimum atomic E-state index is -0.471. The summed E-state index contributed by atoms with van der Waals surface area (Å²) in [6.45, 7) is 1.91. The highest BCUT2D eigenvalue weighted by Crippen LogP contribution is 2.22. The molecular weight excluding hydrogens is 402 g/mol. The minimum absolute atomic E-state index is 0.0417. The van der Waals surface area contributed by atoms with Crippen LogP contribution >= 0.6 is 0 Å². The van der Waals surface area contributed by atoms with Gasteiger partial charge in [0.15, 0.2) is 0 Å². The summed E-state index contributed by atoms with van der Waals surface area (Å²) >= 11 is 0. The Bertz CT molecular complexity index is 1240. The van der Waals surface area contributed by atoms with Gasteiger partial charge in [-0.1, -0.05) is 6.07 Å². The molecular formula is C23H20F2N4O2. The molecule has 0 saturated carbocycles. The van der Waals surface area contributed by atoms with E-state index in [4.69, 9.17) is 5.26 Å². The Kier molecular flexibility index (Phi) is 5.67. The van der Waals surface area contributed by atoms with E-state index in [0.717, 1.165) is 0 Å². The maximum atomic E-state index is 14.2. The topological polar surface area (TPSA) is 80.2 Å². The molecule has 1 fully saturated rings. The normalized spacial score (nSPS) is 14.0. The maximum Gasteiger partial charge on any atom is 0.256 e. The molecule has 0 aliphatic carbocycles. The summed E-state index contributed by atoms with van der Waals surface area (Å²) in [5.74, 6) is -0.958. The molecule has 0 radical (unpaired) electrons. The second-order valence-corrected chi connectivity index (χ2v) is 7.50. The van der Waals surface area contributed by atoms with Crippen molar-refractivity contribution in [3.05, 3.63) is 75.7 Å². The zero-order valence-corrected chi connectivity index (χ0v) is 16.7. The van der Waals surface area contributed by atoms with Crippen molar-refractivity contribution in [1.82, 2.24) is 9.88 Å². The van der Waals surface area contributed by atoms with Gasteiger partial charge in [-0.05, 0) is 48.2 Å². The monoisotopic (exact) mass is 422 g/mol. The van der Waals surface area contributed by atoms with Crippen LogP contribution in [-0.2, 0) is 11.2 Å². The molecule has 1 N–H and O–H groups in total. The molecule has 2 aromatic carbocycles. The molecule has 158 valence electrons. The zero-order valence-electron chi connectivity index (χ0n) is 16.7. The van der Waals surface area contributed by atoms with Crippen molar-refractivity contribution in [2.45, 2.75) is 12.8 Å². The van der Waals surface area contributed by atoms with Crippen molar-refractivity contribution < 1.29 is 13.6 Å². The van der Waals surface area contributed by atoms with Crippen LogP contribution in [-0.4, -0.2) is 42.0 Å². The lowest BCUT2D eigenvalue weighted by Gasteiger charge is -2.36. The summed E-state index contributed by atoms with van der Waals surface area (Å²) in [6, 6.07) is 12.1. The fraction of sp³-hybridized carbons (Fsp3) is 0.261. The quantitative estimate of drug-likeness (QED) is 0.701. The standard InChI is InChI=1S/C23H20F2N4O2/c24-17-3-2-16-12-18(27-23(31)19(16)13-17)4-6-22(30)29-9-7-28(8-10-29)21-5-1-15(14-26)11-20(21)25/h1-3,5,11-13H,4,6-10H2,(H,27,31). The molecule has 0 bridgehead atoms. The molecule has 6 nitrogen and oxygen atoms in total. The highest BCUT2D eigenvalue weighted by Gasteiger charge is 2.23. The first-order chi connectivity index (χ1) is 14.9. The van der Waals surface area contributed by atoms with Gasteiger partial charge in [0.05, 0.1) is 17.3 Å². The van der Waals surface area contributed by atoms with Gasteiger partial charge in [0.2, 0.25) is 5.91 Å². The number of amides is 1. The number of nitriles is 1. The third-order valence-electron chi connectivity index (χ3n) is 5.52. The average Bonchev–Trinajstić information content (AvgIpc) is 2.78. The van der Waals surface area contributed by atoms with Crippen molar-refractivity contribution >= 4 is 22.4 Å². The predicted octanol–water partition coefficient (Wildman–Crippen LogP) is 2.96. The van der Waals surface area contributed by atoms with E-state index in [1.54, 1.807) is 29.2 Å². The van der Waals surface area contributed by atoms with Gasteiger partial charge in [-0.15, -0.1) is 0 Å². The molecule has 1 aliphatic rings. The number of carbonyl (C=O) groups is 1. The SMILES string of the molecule is N#Cc1ccc(N2CCN(C(=O)CCc3cc4ccc(F)cc4c(=O)[nH]3)CC2)c(F)c1. The summed E-state index contributed by atoms with van der Waals surface area (Å²) in [6.07, 6.45) is 0.597. The number of hydrogen-bond acceptors (Lipinski definition) is 4. The average molecular weight is 422 g/mol. The van der Waals surface area contributed by atoms with Crippen LogP contribution in [0.5, 0.6) is 0 Å². The van der Waals surface area contributed by atoms with Crippen molar-refractivity contribution in [3.8, 4) is 6.07 Å². The van der Waals surface area contributed by atoms with E-state index in [1.807, 2.05) is 11.0 Å². The van der Waals surface area contributed by atoms with Crippen LogP contribution < -0.4 is 10.5 Å². The number of pyridine rings is 1. The van der Waals surface area contributed by atoms with Gasteiger partial charge in [0.25, 0.3) is 5.56 Å². The van der Waals surface area contributed by atoms with Crippen LogP contribution in [0.25, 0.3) is 10.8 Å². The number of piperazine rings is 1. The van der Waals surface area contributed by atoms with Crippen LogP contribution in [0.2, 0.25) is 0 Å². The van der Waals surface area contributed by atoms with Crippen LogP contribution in [0, 0.1) is 23.0 Å². The molecule has 31 heavy (non-hydrogen) atoms. The summed E-state index contributed by atoms with van der Waals surface area (Å²) in [7, 11) is 0. The number of aryl methyl sites for hydroxylation is 1. The van der Waals surface area contributed by atoms with Crippen molar-refractivity contribution in [1.29, 1.82) is 5.26 Å². The van der Waals surface area contributed by atoms with Gasteiger partial charge in [-0.25, -0.2) is 8.78 Å². The number of nitrogens with zero attached hydrogens (tertiary/aromatic N) is 3.